The molecule has 0 fully saturated rings. The number of aromatic nitrogens is 3. The van der Waals surface area contributed by atoms with Crippen molar-refractivity contribution >= 4 is 29.0 Å². The fourth-order valence-corrected chi connectivity index (χ4v) is 4.07. The van der Waals surface area contributed by atoms with Crippen molar-refractivity contribution in [1.29, 1.82) is 0 Å². The Morgan fingerprint density at radius 1 is 1.27 bits per heavy atom. The molecule has 3 aromatic rings. The van der Waals surface area contributed by atoms with Crippen LogP contribution < -0.4 is 5.73 Å². The van der Waals surface area contributed by atoms with E-state index in [0.717, 1.165) is 22.8 Å². The molecule has 0 spiro atoms. The van der Waals surface area contributed by atoms with E-state index in [1.165, 1.54) is 30.2 Å². The van der Waals surface area contributed by atoms with Crippen LogP contribution in [-0.4, -0.2) is 25.9 Å². The molecule has 1 amide bonds. The zero-order valence-corrected chi connectivity index (χ0v) is 16.5. The Kier molecular flexibility index (Phi) is 6.11. The average molecular weight is 387 g/mol. The number of hydrogen-bond donors (Lipinski definition) is 1. The molecule has 2 aromatic heterocycles. The average Bonchev–Trinajstić information content (AvgIpc) is 3.30. The maximum Gasteiger partial charge on any atom is 0.230 e. The molecule has 0 bridgehead atoms. The minimum atomic E-state index is -0.377. The van der Waals surface area contributed by atoms with Gasteiger partial charge in [0.25, 0.3) is 0 Å². The molecular formula is C19H22N4OS2. The van der Waals surface area contributed by atoms with Gasteiger partial charge in [-0.1, -0.05) is 43.3 Å². The van der Waals surface area contributed by atoms with Crippen molar-refractivity contribution in [2.45, 2.75) is 43.5 Å². The molecule has 0 aliphatic rings. The summed E-state index contributed by atoms with van der Waals surface area (Å²) in [6.07, 6.45) is 3.45. The van der Waals surface area contributed by atoms with E-state index >= 15 is 0 Å². The predicted molar refractivity (Wildman–Crippen MR) is 108 cm³/mol. The summed E-state index contributed by atoms with van der Waals surface area (Å²) in [7, 11) is 0. The summed E-state index contributed by atoms with van der Waals surface area (Å²) in [6, 6.07) is 12.5. The number of carbonyl (C=O) groups excluding carboxylic acids is 1. The van der Waals surface area contributed by atoms with Gasteiger partial charge in [0.05, 0.1) is 10.1 Å². The quantitative estimate of drug-likeness (QED) is 0.586. The maximum atomic E-state index is 11.5. The highest BCUT2D eigenvalue weighted by Gasteiger charge is 2.20. The summed E-state index contributed by atoms with van der Waals surface area (Å²) in [5.41, 5.74) is 7.73. The third kappa shape index (κ3) is 4.16. The van der Waals surface area contributed by atoms with Gasteiger partial charge in [0.15, 0.2) is 11.0 Å². The minimum Gasteiger partial charge on any atom is -0.369 e. The highest BCUT2D eigenvalue weighted by atomic mass is 32.2. The number of hydrogen-bond acceptors (Lipinski definition) is 5. The lowest BCUT2D eigenvalue weighted by Crippen LogP contribution is -2.23. The van der Waals surface area contributed by atoms with E-state index in [9.17, 15) is 4.79 Å². The number of amides is 1. The second kappa shape index (κ2) is 8.51. The van der Waals surface area contributed by atoms with Crippen LogP contribution in [0.15, 0.2) is 46.9 Å². The highest BCUT2D eigenvalue weighted by Crippen LogP contribution is 2.32. The van der Waals surface area contributed by atoms with E-state index in [2.05, 4.69) is 41.4 Å². The lowest BCUT2D eigenvalue weighted by Gasteiger charge is -2.12. The van der Waals surface area contributed by atoms with Crippen molar-refractivity contribution < 1.29 is 4.79 Å². The molecule has 0 aliphatic carbocycles. The minimum absolute atomic E-state index is 0.364. The Bertz CT molecular complexity index is 856. The largest absolute Gasteiger partial charge is 0.369 e. The van der Waals surface area contributed by atoms with Gasteiger partial charge in [0.1, 0.15) is 0 Å². The third-order valence-corrected chi connectivity index (χ3v) is 6.00. The van der Waals surface area contributed by atoms with Gasteiger partial charge in [0.2, 0.25) is 5.91 Å². The Balaban J connectivity index is 1.99. The molecule has 0 aliphatic heterocycles. The molecular weight excluding hydrogens is 364 g/mol. The van der Waals surface area contributed by atoms with Crippen molar-refractivity contribution in [1.82, 2.24) is 14.8 Å². The van der Waals surface area contributed by atoms with Gasteiger partial charge in [0, 0.05) is 5.69 Å². The van der Waals surface area contributed by atoms with Crippen LogP contribution in [0.3, 0.4) is 0 Å². The smallest absolute Gasteiger partial charge is 0.230 e. The van der Waals surface area contributed by atoms with E-state index in [-0.39, 0.29) is 11.2 Å². The lowest BCUT2D eigenvalue weighted by atomic mass is 10.1. The first kappa shape index (κ1) is 18.7. The Hall–Kier alpha value is -2.12. The zero-order valence-electron chi connectivity index (χ0n) is 14.9. The van der Waals surface area contributed by atoms with Gasteiger partial charge >= 0.3 is 0 Å². The number of nitrogens with two attached hydrogens (primary N) is 1. The highest BCUT2D eigenvalue weighted by molar-refractivity contribution is 8.00. The first-order chi connectivity index (χ1) is 12.6. The van der Waals surface area contributed by atoms with E-state index in [1.807, 2.05) is 22.1 Å². The molecule has 0 saturated carbocycles. The van der Waals surface area contributed by atoms with Crippen LogP contribution in [0.5, 0.6) is 0 Å². The SMILES string of the molecule is CCCCc1ccc(-n2c(SC(C)C(N)=O)nnc2-c2cccs2)cc1. The molecule has 1 unspecified atom stereocenters. The third-order valence-electron chi connectivity index (χ3n) is 4.07. The summed E-state index contributed by atoms with van der Waals surface area (Å²) in [4.78, 5) is 12.5. The molecule has 0 radical (unpaired) electrons. The number of unbranched alkanes of at least 4 members (excludes halogenated alkanes) is 1. The number of thioether (sulfide) groups is 1. The number of benzene rings is 1. The number of carbonyl (C=O) groups is 1. The van der Waals surface area contributed by atoms with Crippen LogP contribution in [0.4, 0.5) is 0 Å². The van der Waals surface area contributed by atoms with Crippen LogP contribution >= 0.6 is 23.1 Å². The summed E-state index contributed by atoms with van der Waals surface area (Å²) >= 11 is 2.94. The topological polar surface area (TPSA) is 73.8 Å². The van der Waals surface area contributed by atoms with Crippen molar-refractivity contribution in [2.24, 2.45) is 5.73 Å². The molecule has 136 valence electrons. The Morgan fingerprint density at radius 2 is 2.04 bits per heavy atom. The van der Waals surface area contributed by atoms with Crippen LogP contribution in [0.1, 0.15) is 32.3 Å². The molecule has 2 heterocycles. The number of primary amides is 1. The second-order valence-corrected chi connectivity index (χ2v) is 8.31. The normalized spacial score (nSPS) is 12.2. The van der Waals surface area contributed by atoms with Crippen molar-refractivity contribution in [2.75, 3.05) is 0 Å². The Morgan fingerprint density at radius 3 is 2.65 bits per heavy atom. The molecule has 0 saturated heterocycles. The van der Waals surface area contributed by atoms with Crippen molar-refractivity contribution in [3.63, 3.8) is 0 Å². The Labute approximate surface area is 161 Å². The molecule has 26 heavy (non-hydrogen) atoms. The summed E-state index contributed by atoms with van der Waals surface area (Å²) in [5, 5.41) is 11.0. The molecule has 1 atom stereocenters. The van der Waals surface area contributed by atoms with Gasteiger partial charge in [-0.3, -0.25) is 9.36 Å². The fraction of sp³-hybridized carbons (Fsp3) is 0.316. The van der Waals surface area contributed by atoms with Gasteiger partial charge in [-0.25, -0.2) is 0 Å². The van der Waals surface area contributed by atoms with Crippen LogP contribution in [0.2, 0.25) is 0 Å². The number of rotatable bonds is 8. The van der Waals surface area contributed by atoms with E-state index in [1.54, 1.807) is 18.3 Å². The molecule has 5 nitrogen and oxygen atoms in total. The summed E-state index contributed by atoms with van der Waals surface area (Å²) in [6.45, 7) is 3.98. The maximum absolute atomic E-state index is 11.5. The molecule has 3 rings (SSSR count). The first-order valence-electron chi connectivity index (χ1n) is 8.64. The number of aryl methyl sites for hydroxylation is 1. The van der Waals surface area contributed by atoms with Crippen LogP contribution in [0.25, 0.3) is 16.4 Å². The predicted octanol–water partition coefficient (Wildman–Crippen LogP) is 4.30. The van der Waals surface area contributed by atoms with Crippen molar-refractivity contribution in [3.05, 3.63) is 47.3 Å². The van der Waals surface area contributed by atoms with E-state index in [4.69, 9.17) is 5.73 Å². The molecule has 2 N–H and O–H groups in total. The lowest BCUT2D eigenvalue weighted by molar-refractivity contribution is -0.117. The molecule has 7 heteroatoms. The molecule has 1 aromatic carbocycles. The van der Waals surface area contributed by atoms with Gasteiger partial charge in [-0.15, -0.1) is 21.5 Å². The van der Waals surface area contributed by atoms with Crippen molar-refractivity contribution in [3.8, 4) is 16.4 Å². The van der Waals surface area contributed by atoms with Gasteiger partial charge < -0.3 is 5.73 Å². The summed E-state index contributed by atoms with van der Waals surface area (Å²) in [5.74, 6) is 0.414. The van der Waals surface area contributed by atoms with Crippen LogP contribution in [0, 0.1) is 0 Å². The first-order valence-corrected chi connectivity index (χ1v) is 10.4. The fourth-order valence-electron chi connectivity index (χ4n) is 2.55. The number of thiophene rings is 1. The monoisotopic (exact) mass is 386 g/mol. The van der Waals surface area contributed by atoms with E-state index < -0.39 is 0 Å². The standard InChI is InChI=1S/C19H22N4OS2/c1-3-4-6-14-8-10-15(11-9-14)23-18(16-7-5-12-25-16)21-22-19(23)26-13(2)17(20)24/h5,7-13H,3-4,6H2,1-2H3,(H2,20,24). The van der Waals surface area contributed by atoms with Gasteiger partial charge in [-0.05, 0) is 48.9 Å². The van der Waals surface area contributed by atoms with Crippen LogP contribution in [-0.2, 0) is 11.2 Å². The summed E-state index contributed by atoms with van der Waals surface area (Å²) < 4.78 is 2.00. The zero-order chi connectivity index (χ0) is 18.5. The van der Waals surface area contributed by atoms with Gasteiger partial charge in [-0.2, -0.15) is 0 Å². The number of nitrogens with zero attached hydrogens (tertiary/aromatic N) is 3. The second-order valence-electron chi connectivity index (χ2n) is 6.05. The van der Waals surface area contributed by atoms with E-state index in [0.29, 0.717) is 5.16 Å².